The van der Waals surface area contributed by atoms with E-state index in [1.807, 2.05) is 49.4 Å². The molecule has 0 aliphatic carbocycles. The molecule has 0 radical (unpaired) electrons. The number of aromatic nitrogens is 1. The Morgan fingerprint density at radius 1 is 1.00 bits per heavy atom. The fourth-order valence-electron chi connectivity index (χ4n) is 2.65. The van der Waals surface area contributed by atoms with Gasteiger partial charge in [-0.25, -0.2) is 9.78 Å². The molecule has 3 aromatic rings. The number of amides is 3. The van der Waals surface area contributed by atoms with E-state index in [4.69, 9.17) is 0 Å². The van der Waals surface area contributed by atoms with E-state index in [9.17, 15) is 9.59 Å². The smallest absolute Gasteiger partial charge is 0.320 e. The maximum Gasteiger partial charge on any atom is 0.320 e. The maximum absolute atomic E-state index is 12.2. The molecule has 0 aliphatic rings. The molecule has 0 aliphatic heterocycles. The summed E-state index contributed by atoms with van der Waals surface area (Å²) in [4.78, 5) is 28.1. The first-order valence-corrected chi connectivity index (χ1v) is 8.43. The Balaban J connectivity index is 1.75. The molecule has 0 saturated carbocycles. The number of anilines is 1. The number of fused-ring (bicyclic) bond motifs is 1. The van der Waals surface area contributed by atoms with E-state index >= 15 is 0 Å². The molecule has 1 heterocycles. The highest BCUT2D eigenvalue weighted by Crippen LogP contribution is 2.20. The van der Waals surface area contributed by atoms with Crippen molar-refractivity contribution in [2.45, 2.75) is 13.5 Å². The first-order valence-electron chi connectivity index (χ1n) is 8.43. The summed E-state index contributed by atoms with van der Waals surface area (Å²) in [5.41, 5.74) is 1.59. The molecular weight excluding hydrogens is 328 g/mol. The summed E-state index contributed by atoms with van der Waals surface area (Å²) in [6.45, 7) is 2.80. The van der Waals surface area contributed by atoms with Gasteiger partial charge in [-0.15, -0.1) is 0 Å². The van der Waals surface area contributed by atoms with E-state index in [0.717, 1.165) is 16.3 Å². The quantitative estimate of drug-likeness (QED) is 0.661. The Hall–Kier alpha value is -3.41. The van der Waals surface area contributed by atoms with Gasteiger partial charge in [0.05, 0.1) is 0 Å². The number of benzene rings is 2. The van der Waals surface area contributed by atoms with Gasteiger partial charge in [0, 0.05) is 30.2 Å². The molecule has 0 spiro atoms. The fourth-order valence-corrected chi connectivity index (χ4v) is 2.65. The molecule has 132 valence electrons. The summed E-state index contributed by atoms with van der Waals surface area (Å²) < 4.78 is 0. The van der Waals surface area contributed by atoms with Gasteiger partial charge in [0.1, 0.15) is 5.82 Å². The van der Waals surface area contributed by atoms with Crippen LogP contribution in [0.2, 0.25) is 0 Å². The van der Waals surface area contributed by atoms with Gasteiger partial charge in [0.15, 0.2) is 0 Å². The lowest BCUT2D eigenvalue weighted by Crippen LogP contribution is -2.28. The number of carbonyl (C=O) groups is 2. The maximum atomic E-state index is 12.2. The Labute approximate surface area is 151 Å². The molecular formula is C20H20N4O2. The van der Waals surface area contributed by atoms with Gasteiger partial charge in [-0.2, -0.15) is 0 Å². The van der Waals surface area contributed by atoms with Crippen molar-refractivity contribution in [2.75, 3.05) is 11.9 Å². The second-order valence-electron chi connectivity index (χ2n) is 5.74. The molecule has 0 fully saturated rings. The largest absolute Gasteiger partial charge is 0.348 e. The van der Waals surface area contributed by atoms with E-state index in [1.165, 1.54) is 0 Å². The van der Waals surface area contributed by atoms with Crippen LogP contribution in [0.1, 0.15) is 22.8 Å². The molecule has 0 bridgehead atoms. The SMILES string of the molecule is CCNC(=O)Nc1cc2cccc(CNC(=O)c3ccccc3)c2cn1. The molecule has 3 rings (SSSR count). The molecule has 2 aromatic carbocycles. The number of carbonyl (C=O) groups excluding carboxylic acids is 2. The van der Waals surface area contributed by atoms with Crippen molar-refractivity contribution in [3.8, 4) is 0 Å². The van der Waals surface area contributed by atoms with Crippen molar-refractivity contribution in [3.05, 3.63) is 71.9 Å². The van der Waals surface area contributed by atoms with Crippen LogP contribution in [0.4, 0.5) is 10.6 Å². The highest BCUT2D eigenvalue weighted by Gasteiger charge is 2.08. The van der Waals surface area contributed by atoms with Crippen LogP contribution in [0.5, 0.6) is 0 Å². The zero-order valence-electron chi connectivity index (χ0n) is 14.5. The van der Waals surface area contributed by atoms with Crippen molar-refractivity contribution >= 4 is 28.5 Å². The lowest BCUT2D eigenvalue weighted by molar-refractivity contribution is 0.0951. The minimum Gasteiger partial charge on any atom is -0.348 e. The third-order valence-corrected chi connectivity index (χ3v) is 3.91. The van der Waals surface area contributed by atoms with Gasteiger partial charge in [0.2, 0.25) is 0 Å². The monoisotopic (exact) mass is 348 g/mol. The average Bonchev–Trinajstić information content (AvgIpc) is 2.66. The lowest BCUT2D eigenvalue weighted by atomic mass is 10.1. The van der Waals surface area contributed by atoms with Crippen LogP contribution in [0.15, 0.2) is 60.8 Å². The standard InChI is InChI=1S/C20H20N4O2/c1-2-21-20(26)24-18-11-15-9-6-10-16(17(15)13-22-18)12-23-19(25)14-7-4-3-5-8-14/h3-11,13H,2,12H2,1H3,(H,23,25)(H2,21,22,24,26). The summed E-state index contributed by atoms with van der Waals surface area (Å²) in [7, 11) is 0. The van der Waals surface area contributed by atoms with Crippen molar-refractivity contribution in [1.29, 1.82) is 0 Å². The van der Waals surface area contributed by atoms with Crippen molar-refractivity contribution < 1.29 is 9.59 Å². The van der Waals surface area contributed by atoms with E-state index < -0.39 is 0 Å². The fraction of sp³-hybridized carbons (Fsp3) is 0.150. The molecule has 0 atom stereocenters. The van der Waals surface area contributed by atoms with Gasteiger partial charge < -0.3 is 10.6 Å². The summed E-state index contributed by atoms with van der Waals surface area (Å²) in [6, 6.07) is 16.4. The topological polar surface area (TPSA) is 83.1 Å². The molecule has 0 saturated heterocycles. The third kappa shape index (κ3) is 4.16. The molecule has 26 heavy (non-hydrogen) atoms. The predicted molar refractivity (Wildman–Crippen MR) is 102 cm³/mol. The first-order chi connectivity index (χ1) is 12.7. The van der Waals surface area contributed by atoms with Gasteiger partial charge in [-0.3, -0.25) is 10.1 Å². The summed E-state index contributed by atoms with van der Waals surface area (Å²) in [6.07, 6.45) is 1.71. The van der Waals surface area contributed by atoms with E-state index in [0.29, 0.717) is 24.5 Å². The Kier molecular flexibility index (Phi) is 5.43. The van der Waals surface area contributed by atoms with Crippen LogP contribution in [0.3, 0.4) is 0 Å². The van der Waals surface area contributed by atoms with Gasteiger partial charge in [-0.1, -0.05) is 36.4 Å². The summed E-state index contributed by atoms with van der Waals surface area (Å²) in [5.74, 6) is 0.360. The number of hydrogen-bond donors (Lipinski definition) is 3. The minimum atomic E-state index is -0.286. The van der Waals surface area contributed by atoms with Crippen molar-refractivity contribution in [2.24, 2.45) is 0 Å². The summed E-state index contributed by atoms with van der Waals surface area (Å²) in [5, 5.41) is 10.2. The molecule has 0 unspecified atom stereocenters. The van der Waals surface area contributed by atoms with Crippen LogP contribution >= 0.6 is 0 Å². The first kappa shape index (κ1) is 17.4. The number of hydrogen-bond acceptors (Lipinski definition) is 3. The van der Waals surface area contributed by atoms with Crippen LogP contribution in [-0.4, -0.2) is 23.5 Å². The van der Waals surface area contributed by atoms with Crippen LogP contribution in [0, 0.1) is 0 Å². The number of nitrogens with zero attached hydrogens (tertiary/aromatic N) is 1. The zero-order valence-corrected chi connectivity index (χ0v) is 14.5. The minimum absolute atomic E-state index is 0.120. The Bertz CT molecular complexity index is 926. The van der Waals surface area contributed by atoms with E-state index in [-0.39, 0.29) is 11.9 Å². The average molecular weight is 348 g/mol. The Morgan fingerprint density at radius 3 is 2.58 bits per heavy atom. The normalized spacial score (nSPS) is 10.3. The predicted octanol–water partition coefficient (Wildman–Crippen LogP) is 3.31. The number of rotatable bonds is 5. The highest BCUT2D eigenvalue weighted by atomic mass is 16.2. The lowest BCUT2D eigenvalue weighted by Gasteiger charge is -2.10. The van der Waals surface area contributed by atoms with Gasteiger partial charge >= 0.3 is 6.03 Å². The van der Waals surface area contributed by atoms with Crippen LogP contribution in [0.25, 0.3) is 10.8 Å². The Morgan fingerprint density at radius 2 is 1.81 bits per heavy atom. The van der Waals surface area contributed by atoms with E-state index in [1.54, 1.807) is 18.3 Å². The van der Waals surface area contributed by atoms with Crippen molar-refractivity contribution in [1.82, 2.24) is 15.6 Å². The summed E-state index contributed by atoms with van der Waals surface area (Å²) >= 11 is 0. The third-order valence-electron chi connectivity index (χ3n) is 3.91. The molecule has 1 aromatic heterocycles. The molecule has 3 amide bonds. The zero-order chi connectivity index (χ0) is 18.4. The second-order valence-corrected chi connectivity index (χ2v) is 5.74. The second kappa shape index (κ2) is 8.11. The molecule has 6 nitrogen and oxygen atoms in total. The number of pyridine rings is 1. The van der Waals surface area contributed by atoms with Gasteiger partial charge in [0.25, 0.3) is 5.91 Å². The van der Waals surface area contributed by atoms with Crippen molar-refractivity contribution in [3.63, 3.8) is 0 Å². The van der Waals surface area contributed by atoms with Crippen LogP contribution < -0.4 is 16.0 Å². The number of nitrogens with one attached hydrogen (secondary N) is 3. The molecule has 3 N–H and O–H groups in total. The van der Waals surface area contributed by atoms with E-state index in [2.05, 4.69) is 20.9 Å². The molecule has 6 heteroatoms. The van der Waals surface area contributed by atoms with Crippen LogP contribution in [-0.2, 0) is 6.54 Å². The number of urea groups is 1. The highest BCUT2D eigenvalue weighted by molar-refractivity contribution is 5.95. The van der Waals surface area contributed by atoms with Gasteiger partial charge in [-0.05, 0) is 36.1 Å².